The minimum Gasteiger partial charge on any atom is -0.379 e. The number of amidine groups is 1. The zero-order valence-corrected chi connectivity index (χ0v) is 9.14. The van der Waals surface area contributed by atoms with E-state index >= 15 is 0 Å². The van der Waals surface area contributed by atoms with E-state index in [-0.39, 0.29) is 0 Å². The third kappa shape index (κ3) is 7.65. The van der Waals surface area contributed by atoms with Gasteiger partial charge in [0, 0.05) is 0 Å². The van der Waals surface area contributed by atoms with E-state index in [1.165, 1.54) is 11.8 Å². The van der Waals surface area contributed by atoms with Crippen molar-refractivity contribution in [2.24, 2.45) is 4.99 Å². The van der Waals surface area contributed by atoms with Crippen molar-refractivity contribution < 1.29 is 4.74 Å². The molecule has 5 heteroatoms. The highest BCUT2D eigenvalue weighted by atomic mass is 32.2. The summed E-state index contributed by atoms with van der Waals surface area (Å²) in [5, 5.41) is 11.4. The summed E-state index contributed by atoms with van der Waals surface area (Å²) in [7, 11) is 0. The Morgan fingerprint density at radius 3 is 3.07 bits per heavy atom. The number of hydrogen-bond donors (Lipinski definition) is 1. The molecule has 0 heterocycles. The first-order valence-electron chi connectivity index (χ1n) is 4.27. The van der Waals surface area contributed by atoms with Crippen molar-refractivity contribution >= 4 is 16.9 Å². The highest BCUT2D eigenvalue weighted by Crippen LogP contribution is 1.94. The van der Waals surface area contributed by atoms with Crippen molar-refractivity contribution in [3.8, 4) is 6.19 Å². The SMILES string of the molecule is C=CCCOCCN=C(NC#N)SC. The Morgan fingerprint density at radius 2 is 2.50 bits per heavy atom. The summed E-state index contributed by atoms with van der Waals surface area (Å²) in [5.74, 6) is 0. The molecule has 0 aromatic heterocycles. The monoisotopic (exact) mass is 213 g/mol. The molecule has 78 valence electrons. The number of thioether (sulfide) groups is 1. The van der Waals surface area contributed by atoms with Gasteiger partial charge in [-0.1, -0.05) is 17.8 Å². The largest absolute Gasteiger partial charge is 0.379 e. The van der Waals surface area contributed by atoms with Gasteiger partial charge in [-0.25, -0.2) is 0 Å². The molecule has 0 bridgehead atoms. The highest BCUT2D eigenvalue weighted by molar-refractivity contribution is 8.13. The molecule has 0 atom stereocenters. The van der Waals surface area contributed by atoms with Gasteiger partial charge in [0.2, 0.25) is 0 Å². The van der Waals surface area contributed by atoms with E-state index in [0.29, 0.717) is 24.9 Å². The Balaban J connectivity index is 3.48. The van der Waals surface area contributed by atoms with Crippen LogP contribution in [0.2, 0.25) is 0 Å². The maximum atomic E-state index is 8.34. The fourth-order valence-electron chi connectivity index (χ4n) is 0.683. The van der Waals surface area contributed by atoms with Gasteiger partial charge < -0.3 is 4.74 Å². The van der Waals surface area contributed by atoms with Crippen LogP contribution in [0.15, 0.2) is 17.6 Å². The fourth-order valence-corrected chi connectivity index (χ4v) is 1.05. The van der Waals surface area contributed by atoms with Crippen molar-refractivity contribution in [3.63, 3.8) is 0 Å². The minimum atomic E-state index is 0.571. The number of rotatable bonds is 6. The fraction of sp³-hybridized carbons (Fsp3) is 0.556. The van der Waals surface area contributed by atoms with Gasteiger partial charge in [0.15, 0.2) is 11.4 Å². The molecule has 0 aromatic rings. The molecule has 0 amide bonds. The Labute approximate surface area is 89.0 Å². The number of hydrogen-bond acceptors (Lipinski definition) is 4. The van der Waals surface area contributed by atoms with Gasteiger partial charge in [-0.15, -0.1) is 6.58 Å². The first kappa shape index (κ1) is 13.0. The molecule has 0 saturated carbocycles. The summed E-state index contributed by atoms with van der Waals surface area (Å²) in [6, 6.07) is 0. The van der Waals surface area contributed by atoms with Crippen molar-refractivity contribution in [2.75, 3.05) is 26.0 Å². The maximum absolute atomic E-state index is 8.34. The van der Waals surface area contributed by atoms with Crippen LogP contribution in [0.3, 0.4) is 0 Å². The molecule has 0 aliphatic heterocycles. The summed E-state index contributed by atoms with van der Waals surface area (Å²) < 4.78 is 5.25. The second-order valence-electron chi connectivity index (χ2n) is 2.32. The minimum absolute atomic E-state index is 0.571. The van der Waals surface area contributed by atoms with Crippen molar-refractivity contribution in [2.45, 2.75) is 6.42 Å². The van der Waals surface area contributed by atoms with E-state index in [9.17, 15) is 0 Å². The zero-order chi connectivity index (χ0) is 10.6. The molecule has 0 aliphatic carbocycles. The molecule has 0 aromatic carbocycles. The van der Waals surface area contributed by atoms with E-state index in [4.69, 9.17) is 10.00 Å². The van der Waals surface area contributed by atoms with E-state index in [2.05, 4.69) is 16.9 Å². The van der Waals surface area contributed by atoms with Crippen LogP contribution in [0.4, 0.5) is 0 Å². The second kappa shape index (κ2) is 10.1. The maximum Gasteiger partial charge on any atom is 0.183 e. The quantitative estimate of drug-likeness (QED) is 0.181. The van der Waals surface area contributed by atoms with E-state index in [1.54, 1.807) is 0 Å². The summed E-state index contributed by atoms with van der Waals surface area (Å²) in [5.41, 5.74) is 0. The van der Waals surface area contributed by atoms with Crippen LogP contribution in [-0.2, 0) is 4.74 Å². The Bertz CT molecular complexity index is 223. The molecule has 0 unspecified atom stereocenters. The van der Waals surface area contributed by atoms with E-state index < -0.39 is 0 Å². The third-order valence-corrected chi connectivity index (χ3v) is 1.93. The topological polar surface area (TPSA) is 57.4 Å². The van der Waals surface area contributed by atoms with Gasteiger partial charge in [0.1, 0.15) is 0 Å². The first-order chi connectivity index (χ1) is 6.85. The summed E-state index contributed by atoms with van der Waals surface area (Å²) >= 11 is 1.41. The zero-order valence-electron chi connectivity index (χ0n) is 8.32. The summed E-state index contributed by atoms with van der Waals surface area (Å²) in [6.45, 7) is 5.41. The van der Waals surface area contributed by atoms with Gasteiger partial charge in [0.25, 0.3) is 0 Å². The normalized spacial score (nSPS) is 10.7. The number of ether oxygens (including phenoxy) is 1. The van der Waals surface area contributed by atoms with Gasteiger partial charge in [0.05, 0.1) is 19.8 Å². The predicted octanol–water partition coefficient (Wildman–Crippen LogP) is 1.37. The lowest BCUT2D eigenvalue weighted by molar-refractivity contribution is 0.146. The Kier molecular flexibility index (Phi) is 9.38. The van der Waals surface area contributed by atoms with E-state index in [1.807, 2.05) is 18.5 Å². The van der Waals surface area contributed by atoms with Crippen LogP contribution >= 0.6 is 11.8 Å². The molecule has 0 spiro atoms. The third-order valence-electron chi connectivity index (χ3n) is 1.31. The molecule has 0 rings (SSSR count). The molecule has 14 heavy (non-hydrogen) atoms. The summed E-state index contributed by atoms with van der Waals surface area (Å²) in [6.07, 6.45) is 6.36. The molecule has 0 radical (unpaired) electrons. The molecule has 0 fully saturated rings. The average molecular weight is 213 g/mol. The lowest BCUT2D eigenvalue weighted by Gasteiger charge is -2.01. The molecule has 1 N–H and O–H groups in total. The standard InChI is InChI=1S/C9H15N3OS/c1-3-4-6-13-7-5-11-9(14-2)12-8-10/h3H,1,4-7H2,2H3,(H,11,12). The molecular weight excluding hydrogens is 198 g/mol. The van der Waals surface area contributed by atoms with Crippen LogP contribution in [0.5, 0.6) is 0 Å². The number of nitriles is 1. The number of nitrogens with zero attached hydrogens (tertiary/aromatic N) is 2. The van der Waals surface area contributed by atoms with Gasteiger partial charge in [-0.2, -0.15) is 5.26 Å². The summed E-state index contributed by atoms with van der Waals surface area (Å²) in [4.78, 5) is 4.12. The van der Waals surface area contributed by atoms with Crippen LogP contribution in [0, 0.1) is 11.5 Å². The van der Waals surface area contributed by atoms with Crippen LogP contribution < -0.4 is 5.32 Å². The van der Waals surface area contributed by atoms with E-state index in [0.717, 1.165) is 6.42 Å². The lowest BCUT2D eigenvalue weighted by atomic mass is 10.5. The van der Waals surface area contributed by atoms with Crippen molar-refractivity contribution in [3.05, 3.63) is 12.7 Å². The van der Waals surface area contributed by atoms with Crippen LogP contribution in [-0.4, -0.2) is 31.2 Å². The molecular formula is C9H15N3OS. The predicted molar refractivity (Wildman–Crippen MR) is 60.2 cm³/mol. The second-order valence-corrected chi connectivity index (χ2v) is 3.11. The Hall–Kier alpha value is -0.990. The lowest BCUT2D eigenvalue weighted by Crippen LogP contribution is -2.14. The molecule has 0 aliphatic rings. The van der Waals surface area contributed by atoms with Gasteiger partial charge in [-0.3, -0.25) is 10.3 Å². The van der Waals surface area contributed by atoms with Crippen molar-refractivity contribution in [1.82, 2.24) is 5.32 Å². The van der Waals surface area contributed by atoms with Crippen LogP contribution in [0.1, 0.15) is 6.42 Å². The first-order valence-corrected chi connectivity index (χ1v) is 5.49. The highest BCUT2D eigenvalue weighted by Gasteiger charge is 1.92. The van der Waals surface area contributed by atoms with Gasteiger partial charge in [-0.05, 0) is 12.7 Å². The van der Waals surface area contributed by atoms with Crippen LogP contribution in [0.25, 0.3) is 0 Å². The average Bonchev–Trinajstić information content (AvgIpc) is 2.21. The molecule has 4 nitrogen and oxygen atoms in total. The van der Waals surface area contributed by atoms with Crippen molar-refractivity contribution in [1.29, 1.82) is 5.26 Å². The Morgan fingerprint density at radius 1 is 1.71 bits per heavy atom. The number of aliphatic imine (C=N–C) groups is 1. The number of nitrogens with one attached hydrogen (secondary N) is 1. The smallest absolute Gasteiger partial charge is 0.183 e. The van der Waals surface area contributed by atoms with Gasteiger partial charge >= 0.3 is 0 Å². The molecule has 0 saturated heterocycles.